The van der Waals surface area contributed by atoms with E-state index in [9.17, 15) is 9.90 Å². The Morgan fingerprint density at radius 1 is 1.10 bits per heavy atom. The van der Waals surface area contributed by atoms with Crippen LogP contribution >= 0.6 is 0 Å². The van der Waals surface area contributed by atoms with Crippen molar-refractivity contribution in [2.75, 3.05) is 57.2 Å². The molecule has 6 rings (SSSR count). The lowest BCUT2D eigenvalue weighted by Crippen LogP contribution is -2.49. The average molecular weight is 542 g/mol. The molecule has 208 valence electrons. The van der Waals surface area contributed by atoms with Gasteiger partial charge in [-0.25, -0.2) is 19.3 Å². The quantitative estimate of drug-likeness (QED) is 0.326. The molecule has 2 N–H and O–H groups in total. The number of fused-ring (bicyclic) bond motifs is 2. The lowest BCUT2D eigenvalue weighted by molar-refractivity contribution is 0.168. The van der Waals surface area contributed by atoms with E-state index < -0.39 is 6.10 Å². The summed E-state index contributed by atoms with van der Waals surface area (Å²) in [6.07, 6.45) is 4.05. The summed E-state index contributed by atoms with van der Waals surface area (Å²) in [5.74, 6) is 0.900. The largest absolute Gasteiger partial charge is 0.387 e. The molecule has 0 saturated carbocycles. The molecule has 1 saturated heterocycles. The van der Waals surface area contributed by atoms with Crippen molar-refractivity contribution < 1.29 is 5.11 Å². The molecule has 3 aromatic heterocycles. The minimum atomic E-state index is -0.604. The number of piperazine rings is 1. The van der Waals surface area contributed by atoms with Gasteiger partial charge in [0.05, 0.1) is 25.0 Å². The number of benzene rings is 1. The third-order valence-electron chi connectivity index (χ3n) is 7.54. The number of aliphatic hydroxyl groups excluding tert-OH is 1. The van der Waals surface area contributed by atoms with Crippen LogP contribution in [0.2, 0.25) is 0 Å². The molecule has 40 heavy (non-hydrogen) atoms. The van der Waals surface area contributed by atoms with E-state index in [0.717, 1.165) is 50.5 Å². The van der Waals surface area contributed by atoms with Gasteiger partial charge >= 0.3 is 0 Å². The van der Waals surface area contributed by atoms with Gasteiger partial charge in [-0.3, -0.25) is 14.6 Å². The monoisotopic (exact) mass is 541 g/mol. The third-order valence-corrected chi connectivity index (χ3v) is 7.54. The molecule has 1 aromatic carbocycles. The minimum Gasteiger partial charge on any atom is -0.387 e. The average Bonchev–Trinajstić information content (AvgIpc) is 3.45. The van der Waals surface area contributed by atoms with Gasteiger partial charge < -0.3 is 15.3 Å². The van der Waals surface area contributed by atoms with Crippen LogP contribution in [0.4, 0.5) is 17.3 Å². The molecular weight excluding hydrogens is 506 g/mol. The molecule has 1 aliphatic heterocycles. The van der Waals surface area contributed by atoms with Crippen LogP contribution in [-0.4, -0.2) is 86.2 Å². The molecule has 4 aromatic rings. The molecule has 0 radical (unpaired) electrons. The fourth-order valence-electron chi connectivity index (χ4n) is 5.58. The number of allylic oxidation sites excluding steroid dienone is 1. The number of hydrogen-bond acceptors (Lipinski definition) is 9. The Morgan fingerprint density at radius 3 is 2.60 bits per heavy atom. The molecule has 2 aliphatic rings. The summed E-state index contributed by atoms with van der Waals surface area (Å²) in [4.78, 5) is 34.2. The first-order valence-electron chi connectivity index (χ1n) is 13.7. The van der Waals surface area contributed by atoms with Gasteiger partial charge in [0.1, 0.15) is 5.39 Å². The highest BCUT2D eigenvalue weighted by Gasteiger charge is 2.24. The Hall–Kier alpha value is -4.06. The maximum Gasteiger partial charge on any atom is 0.278 e. The van der Waals surface area contributed by atoms with Crippen molar-refractivity contribution in [3.05, 3.63) is 76.9 Å². The van der Waals surface area contributed by atoms with E-state index >= 15 is 0 Å². The first-order chi connectivity index (χ1) is 19.4. The topological polar surface area (TPSA) is 108 Å². The van der Waals surface area contributed by atoms with Gasteiger partial charge in [-0.1, -0.05) is 12.1 Å². The van der Waals surface area contributed by atoms with E-state index in [2.05, 4.69) is 57.8 Å². The zero-order valence-corrected chi connectivity index (χ0v) is 23.0. The summed E-state index contributed by atoms with van der Waals surface area (Å²) < 4.78 is 3.23. The van der Waals surface area contributed by atoms with Crippen LogP contribution in [0.5, 0.6) is 0 Å². The highest BCUT2D eigenvalue weighted by atomic mass is 16.3. The number of hydrogen-bond donors (Lipinski definition) is 2. The normalized spacial score (nSPS) is 17.5. The van der Waals surface area contributed by atoms with Crippen LogP contribution in [0, 0.1) is 0 Å². The van der Waals surface area contributed by atoms with E-state index in [-0.39, 0.29) is 12.1 Å². The zero-order valence-electron chi connectivity index (χ0n) is 23.0. The van der Waals surface area contributed by atoms with Gasteiger partial charge in [-0.05, 0) is 62.8 Å². The fourth-order valence-corrected chi connectivity index (χ4v) is 5.58. The van der Waals surface area contributed by atoms with Crippen molar-refractivity contribution in [3.8, 4) is 5.82 Å². The molecular formula is C29H35N9O2. The fraction of sp³-hybridized carbons (Fsp3) is 0.379. The number of aromatic nitrogens is 5. The Morgan fingerprint density at radius 2 is 1.88 bits per heavy atom. The second-order valence-electron chi connectivity index (χ2n) is 10.7. The van der Waals surface area contributed by atoms with Crippen molar-refractivity contribution >= 4 is 28.4 Å². The number of rotatable bonds is 8. The molecule has 1 atom stereocenters. The van der Waals surface area contributed by atoms with Gasteiger partial charge in [0, 0.05) is 43.8 Å². The van der Waals surface area contributed by atoms with Crippen molar-refractivity contribution in [3.63, 3.8) is 0 Å². The van der Waals surface area contributed by atoms with Gasteiger partial charge in [0.15, 0.2) is 11.5 Å². The Bertz CT molecular complexity index is 1580. The van der Waals surface area contributed by atoms with Crippen LogP contribution in [0.25, 0.3) is 16.9 Å². The van der Waals surface area contributed by atoms with Gasteiger partial charge in [0.2, 0.25) is 5.95 Å². The lowest BCUT2D eigenvalue weighted by atomic mass is 10.2. The molecule has 4 heterocycles. The van der Waals surface area contributed by atoms with Gasteiger partial charge in [-0.15, -0.1) is 6.58 Å². The smallest absolute Gasteiger partial charge is 0.278 e. The molecule has 11 nitrogen and oxygen atoms in total. The van der Waals surface area contributed by atoms with Crippen LogP contribution in [0.3, 0.4) is 0 Å². The molecule has 0 bridgehead atoms. The maximum atomic E-state index is 13.2. The Balaban J connectivity index is 1.26. The van der Waals surface area contributed by atoms with Crippen LogP contribution in [-0.2, 0) is 13.0 Å². The van der Waals surface area contributed by atoms with E-state index in [0.29, 0.717) is 34.9 Å². The first-order valence-corrected chi connectivity index (χ1v) is 13.7. The SMILES string of the molecule is C=CCn1c(=O)c2cnc(Nc3ccc(N4CCN(CN(C)C)CC4)cc3)nc2n1-c1ccc2c(n1)C(O)CC2. The molecule has 0 amide bonds. The van der Waals surface area contributed by atoms with Crippen molar-refractivity contribution in [1.82, 2.24) is 34.1 Å². The molecule has 0 spiro atoms. The van der Waals surface area contributed by atoms with E-state index in [4.69, 9.17) is 9.97 Å². The summed E-state index contributed by atoms with van der Waals surface area (Å²) in [5, 5.41) is 14.1. The Kier molecular flexibility index (Phi) is 7.09. The summed E-state index contributed by atoms with van der Waals surface area (Å²) in [5.41, 5.74) is 3.94. The number of nitrogens with one attached hydrogen (secondary N) is 1. The standard InChI is InChI=1S/C29H35N9O2/c1-4-13-37-28(40)23-18-30-29(33-27(23)38(37)25-12-6-20-5-11-24(39)26(20)32-25)31-21-7-9-22(10-8-21)36-16-14-35(15-17-36)19-34(2)3/h4,6-10,12,18,24,39H,1,5,11,13-17,19H2,2-3H3,(H,30,31,33). The molecule has 1 fully saturated rings. The number of aryl methyl sites for hydroxylation is 1. The van der Waals surface area contributed by atoms with E-state index in [1.165, 1.54) is 5.69 Å². The van der Waals surface area contributed by atoms with Crippen LogP contribution in [0.1, 0.15) is 23.8 Å². The van der Waals surface area contributed by atoms with Crippen molar-refractivity contribution in [2.45, 2.75) is 25.5 Å². The summed E-state index contributed by atoms with van der Waals surface area (Å²) in [6.45, 7) is 9.14. The van der Waals surface area contributed by atoms with Gasteiger partial charge in [0.25, 0.3) is 5.56 Å². The first kappa shape index (κ1) is 26.2. The second-order valence-corrected chi connectivity index (χ2v) is 10.7. The van der Waals surface area contributed by atoms with Crippen LogP contribution < -0.4 is 15.8 Å². The number of nitrogens with zero attached hydrogens (tertiary/aromatic N) is 8. The number of aliphatic hydroxyl groups is 1. The summed E-state index contributed by atoms with van der Waals surface area (Å²) in [6, 6.07) is 12.1. The third kappa shape index (κ3) is 4.99. The molecule has 1 unspecified atom stereocenters. The number of anilines is 3. The van der Waals surface area contributed by atoms with Gasteiger partial charge in [-0.2, -0.15) is 4.98 Å². The predicted octanol–water partition coefficient (Wildman–Crippen LogP) is 2.53. The second kappa shape index (κ2) is 10.8. The summed E-state index contributed by atoms with van der Waals surface area (Å²) in [7, 11) is 4.20. The van der Waals surface area contributed by atoms with E-state index in [1.54, 1.807) is 21.6 Å². The summed E-state index contributed by atoms with van der Waals surface area (Å²) >= 11 is 0. The highest BCUT2D eigenvalue weighted by Crippen LogP contribution is 2.30. The van der Waals surface area contributed by atoms with E-state index in [1.807, 2.05) is 24.3 Å². The lowest BCUT2D eigenvalue weighted by Gasteiger charge is -2.37. The minimum absolute atomic E-state index is 0.223. The molecule has 11 heteroatoms. The van der Waals surface area contributed by atoms with Crippen molar-refractivity contribution in [2.24, 2.45) is 0 Å². The zero-order chi connectivity index (χ0) is 27.8. The molecule has 1 aliphatic carbocycles. The maximum absolute atomic E-state index is 13.2. The van der Waals surface area contributed by atoms with Crippen molar-refractivity contribution in [1.29, 1.82) is 0 Å². The Labute approximate surface area is 233 Å². The highest BCUT2D eigenvalue weighted by molar-refractivity contribution is 5.77. The number of pyridine rings is 1. The predicted molar refractivity (Wildman–Crippen MR) is 156 cm³/mol. The van der Waals surface area contributed by atoms with Crippen LogP contribution in [0.15, 0.2) is 60.0 Å².